The molecule has 1 N–H and O–H groups in total. The first-order valence-corrected chi connectivity index (χ1v) is 7.40. The summed E-state index contributed by atoms with van der Waals surface area (Å²) in [5.74, 6) is -1.09. The minimum absolute atomic E-state index is 0.100. The van der Waals surface area contributed by atoms with E-state index in [0.717, 1.165) is 11.1 Å². The summed E-state index contributed by atoms with van der Waals surface area (Å²) in [6, 6.07) is 7.32. The lowest BCUT2D eigenvalue weighted by Gasteiger charge is -2.31. The standard InChI is InChI=1S/C16H18ClNO4/c1-11(13-4-2-3-5-14(13)17)8-15(19)18-6-7-22-12(10-18)9-16(20)21/h2-5,8,12H,6-7,9-10H2,1H3,(H,20,21). The fourth-order valence-corrected chi connectivity index (χ4v) is 2.66. The number of carboxylic acids is 1. The fourth-order valence-electron chi connectivity index (χ4n) is 2.37. The normalized spacial score (nSPS) is 19.1. The maximum atomic E-state index is 12.3. The van der Waals surface area contributed by atoms with Gasteiger partial charge in [-0.3, -0.25) is 9.59 Å². The van der Waals surface area contributed by atoms with Gasteiger partial charge in [-0.25, -0.2) is 0 Å². The van der Waals surface area contributed by atoms with Crippen LogP contribution in [0.2, 0.25) is 5.02 Å². The van der Waals surface area contributed by atoms with E-state index in [0.29, 0.717) is 18.2 Å². The molecule has 6 heteroatoms. The maximum Gasteiger partial charge on any atom is 0.306 e. The molecule has 118 valence electrons. The maximum absolute atomic E-state index is 12.3. The molecule has 5 nitrogen and oxygen atoms in total. The van der Waals surface area contributed by atoms with Crippen LogP contribution in [0.5, 0.6) is 0 Å². The number of carboxylic acid groups (broad SMARTS) is 1. The van der Waals surface area contributed by atoms with E-state index in [9.17, 15) is 9.59 Å². The summed E-state index contributed by atoms with van der Waals surface area (Å²) in [6.45, 7) is 2.93. The Bertz CT molecular complexity index is 600. The zero-order chi connectivity index (χ0) is 16.1. The first-order valence-electron chi connectivity index (χ1n) is 7.03. The Morgan fingerprint density at radius 1 is 1.45 bits per heavy atom. The number of benzene rings is 1. The first kappa shape index (κ1) is 16.5. The predicted molar refractivity (Wildman–Crippen MR) is 83.7 cm³/mol. The van der Waals surface area contributed by atoms with E-state index in [2.05, 4.69) is 0 Å². The van der Waals surface area contributed by atoms with Gasteiger partial charge < -0.3 is 14.7 Å². The second-order valence-electron chi connectivity index (χ2n) is 5.18. The lowest BCUT2D eigenvalue weighted by molar-refractivity contribution is -0.145. The summed E-state index contributed by atoms with van der Waals surface area (Å²) in [7, 11) is 0. The van der Waals surface area contributed by atoms with Crippen molar-refractivity contribution in [2.45, 2.75) is 19.4 Å². The number of carbonyl (C=O) groups is 2. The van der Waals surface area contributed by atoms with Crippen LogP contribution in [0, 0.1) is 0 Å². The van der Waals surface area contributed by atoms with Crippen molar-refractivity contribution in [1.29, 1.82) is 0 Å². The molecule has 0 spiro atoms. The van der Waals surface area contributed by atoms with E-state index in [1.54, 1.807) is 11.0 Å². The molecule has 1 aliphatic rings. The second kappa shape index (κ2) is 7.42. The number of aliphatic carboxylic acids is 1. The Hall–Kier alpha value is -1.85. The summed E-state index contributed by atoms with van der Waals surface area (Å²) in [5, 5.41) is 9.40. The van der Waals surface area contributed by atoms with Crippen molar-refractivity contribution in [2.24, 2.45) is 0 Å². The van der Waals surface area contributed by atoms with E-state index in [4.69, 9.17) is 21.4 Å². The molecule has 1 atom stereocenters. The van der Waals surface area contributed by atoms with Gasteiger partial charge in [-0.1, -0.05) is 29.8 Å². The van der Waals surface area contributed by atoms with Gasteiger partial charge in [0.05, 0.1) is 19.1 Å². The molecule has 0 radical (unpaired) electrons. The van der Waals surface area contributed by atoms with Crippen LogP contribution in [0.1, 0.15) is 18.9 Å². The van der Waals surface area contributed by atoms with Gasteiger partial charge in [0.1, 0.15) is 0 Å². The van der Waals surface area contributed by atoms with Gasteiger partial charge in [-0.05, 0) is 24.1 Å². The third-order valence-corrected chi connectivity index (χ3v) is 3.82. The Labute approximate surface area is 134 Å². The van der Waals surface area contributed by atoms with Crippen molar-refractivity contribution in [1.82, 2.24) is 4.90 Å². The molecule has 1 aromatic rings. The number of hydrogen-bond donors (Lipinski definition) is 1. The van der Waals surface area contributed by atoms with Gasteiger partial charge in [0, 0.05) is 24.2 Å². The van der Waals surface area contributed by atoms with Crippen molar-refractivity contribution in [2.75, 3.05) is 19.7 Å². The first-order chi connectivity index (χ1) is 10.5. The molecule has 1 fully saturated rings. The summed E-state index contributed by atoms with van der Waals surface area (Å²) < 4.78 is 5.36. The molecule has 1 aromatic carbocycles. The molecule has 1 saturated heterocycles. The highest BCUT2D eigenvalue weighted by Gasteiger charge is 2.25. The number of carbonyl (C=O) groups excluding carboxylic acids is 1. The number of nitrogens with zero attached hydrogens (tertiary/aromatic N) is 1. The van der Waals surface area contributed by atoms with Crippen LogP contribution >= 0.6 is 11.6 Å². The number of hydrogen-bond acceptors (Lipinski definition) is 3. The zero-order valence-electron chi connectivity index (χ0n) is 12.3. The van der Waals surface area contributed by atoms with Gasteiger partial charge in [0.2, 0.25) is 5.91 Å². The van der Waals surface area contributed by atoms with E-state index >= 15 is 0 Å². The van der Waals surface area contributed by atoms with Crippen molar-refractivity contribution in [3.05, 3.63) is 40.9 Å². The van der Waals surface area contributed by atoms with Crippen LogP contribution in [0.25, 0.3) is 5.57 Å². The third-order valence-electron chi connectivity index (χ3n) is 3.49. The molecule has 0 aliphatic carbocycles. The smallest absolute Gasteiger partial charge is 0.306 e. The number of halogens is 1. The highest BCUT2D eigenvalue weighted by atomic mass is 35.5. The van der Waals surface area contributed by atoms with Gasteiger partial charge in [-0.15, -0.1) is 0 Å². The lowest BCUT2D eigenvalue weighted by Crippen LogP contribution is -2.45. The molecule has 0 bridgehead atoms. The Kier molecular flexibility index (Phi) is 5.57. The summed E-state index contributed by atoms with van der Waals surface area (Å²) >= 11 is 6.12. The van der Waals surface area contributed by atoms with Crippen molar-refractivity contribution >= 4 is 29.1 Å². The topological polar surface area (TPSA) is 66.8 Å². The predicted octanol–water partition coefficient (Wildman–Crippen LogP) is 2.45. The van der Waals surface area contributed by atoms with Crippen LogP contribution in [0.15, 0.2) is 30.3 Å². The lowest BCUT2D eigenvalue weighted by atomic mass is 10.1. The largest absolute Gasteiger partial charge is 0.481 e. The summed E-state index contributed by atoms with van der Waals surface area (Å²) in [5.41, 5.74) is 1.59. The van der Waals surface area contributed by atoms with Gasteiger partial charge in [0.15, 0.2) is 0 Å². The highest BCUT2D eigenvalue weighted by molar-refractivity contribution is 6.32. The number of amides is 1. The van der Waals surface area contributed by atoms with Crippen LogP contribution < -0.4 is 0 Å². The molecule has 1 heterocycles. The van der Waals surface area contributed by atoms with Crippen LogP contribution in [-0.2, 0) is 14.3 Å². The highest BCUT2D eigenvalue weighted by Crippen LogP contribution is 2.23. The molecule has 2 rings (SSSR count). The van der Waals surface area contributed by atoms with Gasteiger partial charge in [-0.2, -0.15) is 0 Å². The van der Waals surface area contributed by atoms with E-state index in [-0.39, 0.29) is 18.9 Å². The Morgan fingerprint density at radius 3 is 2.86 bits per heavy atom. The van der Waals surface area contributed by atoms with Crippen molar-refractivity contribution < 1.29 is 19.4 Å². The Balaban J connectivity index is 2.06. The molecule has 1 aliphatic heterocycles. The molecule has 1 amide bonds. The number of rotatable bonds is 4. The third kappa shape index (κ3) is 4.32. The quantitative estimate of drug-likeness (QED) is 0.864. The molecule has 0 saturated carbocycles. The van der Waals surface area contributed by atoms with Crippen LogP contribution in [0.4, 0.5) is 0 Å². The average Bonchev–Trinajstić information content (AvgIpc) is 2.47. The van der Waals surface area contributed by atoms with E-state index < -0.39 is 12.1 Å². The van der Waals surface area contributed by atoms with E-state index in [1.165, 1.54) is 6.08 Å². The summed E-state index contributed by atoms with van der Waals surface area (Å²) in [4.78, 5) is 24.7. The number of allylic oxidation sites excluding steroid dienone is 1. The fraction of sp³-hybridized carbons (Fsp3) is 0.375. The molecular weight excluding hydrogens is 306 g/mol. The van der Waals surface area contributed by atoms with Crippen LogP contribution in [-0.4, -0.2) is 47.7 Å². The Morgan fingerprint density at radius 2 is 2.18 bits per heavy atom. The average molecular weight is 324 g/mol. The van der Waals surface area contributed by atoms with Crippen molar-refractivity contribution in [3.8, 4) is 0 Å². The van der Waals surface area contributed by atoms with Crippen LogP contribution in [0.3, 0.4) is 0 Å². The monoisotopic (exact) mass is 323 g/mol. The van der Waals surface area contributed by atoms with Gasteiger partial charge in [0.25, 0.3) is 0 Å². The second-order valence-corrected chi connectivity index (χ2v) is 5.59. The molecular formula is C16H18ClNO4. The minimum Gasteiger partial charge on any atom is -0.481 e. The van der Waals surface area contributed by atoms with Crippen molar-refractivity contribution in [3.63, 3.8) is 0 Å². The summed E-state index contributed by atoms with van der Waals surface area (Å²) in [6.07, 6.45) is 0.977. The molecule has 22 heavy (non-hydrogen) atoms. The molecule has 1 unspecified atom stereocenters. The SMILES string of the molecule is CC(=CC(=O)N1CCOC(CC(=O)O)C1)c1ccccc1Cl. The van der Waals surface area contributed by atoms with E-state index in [1.807, 2.05) is 25.1 Å². The number of morpholine rings is 1. The molecule has 0 aromatic heterocycles. The minimum atomic E-state index is -0.929. The zero-order valence-corrected chi connectivity index (χ0v) is 13.0. The van der Waals surface area contributed by atoms with Gasteiger partial charge >= 0.3 is 5.97 Å². The number of ether oxygens (including phenoxy) is 1.